The summed E-state index contributed by atoms with van der Waals surface area (Å²) in [6.45, 7) is 1.26. The van der Waals surface area contributed by atoms with Crippen molar-refractivity contribution in [2.75, 3.05) is 19.3 Å². The molecule has 0 spiro atoms. The standard InChI is InChI=1S/C22H23F2N2O2S/c1-29(28)25-14-6-5-11-26(13-14)22(27)18-12-17(18)15-8-4-10-20(24)21(15)16-7-2-3-9-19(16)23/h2,4,7-8,10,14,17-18,25,28H,5-6,11-13H2,1H3/q+1. The van der Waals surface area contributed by atoms with Gasteiger partial charge in [0, 0.05) is 30.1 Å². The summed E-state index contributed by atoms with van der Waals surface area (Å²) in [5, 5.41) is 0. The number of carbonyl (C=O) groups is 1. The second kappa shape index (κ2) is 8.31. The first-order valence-corrected chi connectivity index (χ1v) is 11.3. The van der Waals surface area contributed by atoms with Crippen molar-refractivity contribution in [1.82, 2.24) is 9.62 Å². The number of amides is 1. The molecule has 1 aliphatic heterocycles. The lowest BCUT2D eigenvalue weighted by Crippen LogP contribution is -2.49. The molecule has 1 amide bonds. The van der Waals surface area contributed by atoms with Crippen LogP contribution in [0, 0.1) is 11.7 Å². The molecule has 3 aliphatic rings. The number of likely N-dealkylation sites (tertiary alicyclic amines) is 1. The predicted octanol–water partition coefficient (Wildman–Crippen LogP) is 3.71. The number of rotatable bonds is 5. The highest BCUT2D eigenvalue weighted by atomic mass is 32.2. The average molecular weight is 418 g/mol. The van der Waals surface area contributed by atoms with E-state index in [0.29, 0.717) is 25.1 Å². The van der Waals surface area contributed by atoms with Gasteiger partial charge in [0.1, 0.15) is 5.82 Å². The van der Waals surface area contributed by atoms with Crippen LogP contribution in [0.5, 0.6) is 0 Å². The SMILES string of the molecule is C[S+](O)NC1CCCN(C(=O)C2CC2c2cccc(F)c2C2=CC=C=C=C2F)C1. The number of nitrogens with zero attached hydrogens (tertiary/aromatic N) is 1. The molecule has 1 heterocycles. The summed E-state index contributed by atoms with van der Waals surface area (Å²) in [5.74, 6) is -1.43. The summed E-state index contributed by atoms with van der Waals surface area (Å²) in [7, 11) is 0. The summed E-state index contributed by atoms with van der Waals surface area (Å²) < 4.78 is 41.6. The highest BCUT2D eigenvalue weighted by Crippen LogP contribution is 2.51. The molecule has 2 N–H and O–H groups in total. The van der Waals surface area contributed by atoms with Gasteiger partial charge in [-0.1, -0.05) is 17.9 Å². The van der Waals surface area contributed by atoms with Gasteiger partial charge in [-0.2, -0.15) is 8.94 Å². The van der Waals surface area contributed by atoms with Gasteiger partial charge >= 0.3 is 0 Å². The van der Waals surface area contributed by atoms with E-state index in [1.54, 1.807) is 18.4 Å². The van der Waals surface area contributed by atoms with Gasteiger partial charge in [-0.15, -0.1) is 4.72 Å². The van der Waals surface area contributed by atoms with E-state index in [0.717, 1.165) is 12.8 Å². The zero-order valence-corrected chi connectivity index (χ0v) is 16.9. The number of carbonyl (C=O) groups excluding carboxylic acids is 1. The van der Waals surface area contributed by atoms with Crippen molar-refractivity contribution in [2.45, 2.75) is 31.2 Å². The fourth-order valence-electron chi connectivity index (χ4n) is 4.26. The summed E-state index contributed by atoms with van der Waals surface area (Å²) in [5.41, 5.74) is 5.92. The van der Waals surface area contributed by atoms with Crippen LogP contribution in [0.2, 0.25) is 0 Å². The molecule has 0 bridgehead atoms. The fraction of sp³-hybridized carbons (Fsp3) is 0.409. The first kappa shape index (κ1) is 20.1. The molecule has 4 atom stereocenters. The van der Waals surface area contributed by atoms with Crippen LogP contribution >= 0.6 is 0 Å². The monoisotopic (exact) mass is 417 g/mol. The lowest BCUT2D eigenvalue weighted by molar-refractivity contribution is -0.133. The highest BCUT2D eigenvalue weighted by molar-refractivity contribution is 7.88. The molecular formula is C22H23F2N2O2S+. The Morgan fingerprint density at radius 2 is 2.21 bits per heavy atom. The highest BCUT2D eigenvalue weighted by Gasteiger charge is 2.48. The van der Waals surface area contributed by atoms with E-state index >= 15 is 0 Å². The quantitative estimate of drug-likeness (QED) is 0.567. The second-order valence-electron chi connectivity index (χ2n) is 7.70. The predicted molar refractivity (Wildman–Crippen MR) is 110 cm³/mol. The van der Waals surface area contributed by atoms with E-state index < -0.39 is 23.0 Å². The maximum absolute atomic E-state index is 14.6. The van der Waals surface area contributed by atoms with E-state index in [1.807, 2.05) is 4.90 Å². The molecule has 2 aliphatic carbocycles. The van der Waals surface area contributed by atoms with Gasteiger partial charge in [-0.25, -0.2) is 4.39 Å². The van der Waals surface area contributed by atoms with Crippen molar-refractivity contribution in [3.8, 4) is 0 Å². The Labute approximate surface area is 172 Å². The minimum absolute atomic E-state index is 0.0547. The minimum atomic E-state index is -0.873. The fourth-order valence-corrected chi connectivity index (χ4v) is 4.93. The van der Waals surface area contributed by atoms with Crippen molar-refractivity contribution in [3.63, 3.8) is 0 Å². The topological polar surface area (TPSA) is 52.6 Å². The van der Waals surface area contributed by atoms with Gasteiger partial charge in [-0.3, -0.25) is 4.79 Å². The molecule has 1 aromatic rings. The van der Waals surface area contributed by atoms with Crippen molar-refractivity contribution in [2.24, 2.45) is 5.92 Å². The number of hydrogen-bond donors (Lipinski definition) is 2. The maximum Gasteiger partial charge on any atom is 0.231 e. The van der Waals surface area contributed by atoms with E-state index in [9.17, 15) is 18.1 Å². The average Bonchev–Trinajstić information content (AvgIpc) is 3.48. The molecule has 0 radical (unpaired) electrons. The van der Waals surface area contributed by atoms with Crippen molar-refractivity contribution < 1.29 is 18.1 Å². The minimum Gasteiger partial charge on any atom is -0.341 e. The molecule has 1 saturated carbocycles. The van der Waals surface area contributed by atoms with Crippen LogP contribution in [0.3, 0.4) is 0 Å². The van der Waals surface area contributed by atoms with Gasteiger partial charge in [0.15, 0.2) is 12.1 Å². The zero-order valence-electron chi connectivity index (χ0n) is 16.1. The van der Waals surface area contributed by atoms with Gasteiger partial charge in [0.2, 0.25) is 17.3 Å². The smallest absolute Gasteiger partial charge is 0.231 e. The summed E-state index contributed by atoms with van der Waals surface area (Å²) >= 11 is -0.873. The van der Waals surface area contributed by atoms with Crippen LogP contribution in [0.25, 0.3) is 5.57 Å². The van der Waals surface area contributed by atoms with Crippen molar-refractivity contribution >= 4 is 22.8 Å². The lowest BCUT2D eigenvalue weighted by atomic mass is 9.93. The molecule has 2 fully saturated rings. The molecule has 1 saturated heterocycles. The molecule has 29 heavy (non-hydrogen) atoms. The van der Waals surface area contributed by atoms with Gasteiger partial charge in [0.05, 0.1) is 6.04 Å². The van der Waals surface area contributed by atoms with Crippen LogP contribution in [-0.4, -0.2) is 40.7 Å². The van der Waals surface area contributed by atoms with E-state index in [-0.39, 0.29) is 34.9 Å². The third kappa shape index (κ3) is 4.25. The number of piperidine rings is 1. The number of allylic oxidation sites excluding steroid dienone is 4. The zero-order chi connectivity index (χ0) is 20.5. The van der Waals surface area contributed by atoms with Crippen LogP contribution < -0.4 is 4.72 Å². The second-order valence-corrected chi connectivity index (χ2v) is 8.89. The Kier molecular flexibility index (Phi) is 5.77. The Bertz CT molecular complexity index is 962. The lowest BCUT2D eigenvalue weighted by Gasteiger charge is -2.31. The van der Waals surface area contributed by atoms with Gasteiger partial charge < -0.3 is 4.90 Å². The first-order chi connectivity index (χ1) is 14.0. The largest absolute Gasteiger partial charge is 0.341 e. The van der Waals surface area contributed by atoms with Gasteiger partial charge in [-0.05, 0) is 54.7 Å². The number of nitrogens with one attached hydrogen (secondary N) is 1. The van der Waals surface area contributed by atoms with Crippen LogP contribution in [0.4, 0.5) is 8.78 Å². The summed E-state index contributed by atoms with van der Waals surface area (Å²) in [6, 6.07) is 4.78. The Morgan fingerprint density at radius 3 is 2.97 bits per heavy atom. The number of hydrogen-bond acceptors (Lipinski definition) is 3. The van der Waals surface area contributed by atoms with E-state index in [4.69, 9.17) is 0 Å². The summed E-state index contributed by atoms with van der Waals surface area (Å²) in [6.07, 6.45) is 7.13. The van der Waals surface area contributed by atoms with Crippen molar-refractivity contribution in [3.05, 3.63) is 64.6 Å². The van der Waals surface area contributed by atoms with E-state index in [1.165, 1.54) is 18.2 Å². The number of benzene rings is 1. The van der Waals surface area contributed by atoms with Crippen LogP contribution in [0.15, 0.2) is 47.6 Å². The summed E-state index contributed by atoms with van der Waals surface area (Å²) in [4.78, 5) is 14.9. The van der Waals surface area contributed by atoms with Crippen LogP contribution in [-0.2, 0) is 16.2 Å². The maximum atomic E-state index is 14.6. The van der Waals surface area contributed by atoms with Crippen LogP contribution in [0.1, 0.15) is 36.3 Å². The Hall–Kier alpha value is -2.14. The molecule has 152 valence electrons. The normalized spacial score (nSPS) is 26.8. The van der Waals surface area contributed by atoms with E-state index in [2.05, 4.69) is 16.2 Å². The van der Waals surface area contributed by atoms with Gasteiger partial charge in [0.25, 0.3) is 0 Å². The molecule has 7 heteroatoms. The molecule has 4 nitrogen and oxygen atoms in total. The molecular weight excluding hydrogens is 394 g/mol. The number of halogens is 2. The molecule has 4 rings (SSSR count). The third-order valence-corrected chi connectivity index (χ3v) is 6.32. The molecule has 0 aromatic heterocycles. The third-order valence-electron chi connectivity index (χ3n) is 5.64. The Morgan fingerprint density at radius 1 is 1.38 bits per heavy atom. The van der Waals surface area contributed by atoms with Crippen molar-refractivity contribution in [1.29, 1.82) is 0 Å². The first-order valence-electron chi connectivity index (χ1n) is 9.72. The molecule has 1 aromatic carbocycles. The molecule has 4 unspecified atom stereocenters. The Balaban J connectivity index is 1.52.